The molecule has 0 aliphatic rings. The third-order valence-corrected chi connectivity index (χ3v) is 6.99. The van der Waals surface area contributed by atoms with Gasteiger partial charge in [0, 0.05) is 5.56 Å². The smallest absolute Gasteiger partial charge is 0.378 e. The van der Waals surface area contributed by atoms with E-state index in [1.807, 2.05) is 0 Å². The Hall–Kier alpha value is -3.12. The molecule has 0 fully saturated rings. The van der Waals surface area contributed by atoms with Gasteiger partial charge in [0.2, 0.25) is 9.84 Å². The first kappa shape index (κ1) is 25.5. The summed E-state index contributed by atoms with van der Waals surface area (Å²) in [4.78, 5) is 0.0172. The van der Waals surface area contributed by atoms with Crippen molar-refractivity contribution in [1.29, 1.82) is 0 Å². The van der Waals surface area contributed by atoms with Gasteiger partial charge in [0.15, 0.2) is 5.60 Å². The molecule has 0 unspecified atom stereocenters. The van der Waals surface area contributed by atoms with E-state index < -0.39 is 27.2 Å². The van der Waals surface area contributed by atoms with Gasteiger partial charge in [0.1, 0.15) is 5.60 Å². The van der Waals surface area contributed by atoms with Crippen LogP contribution in [0.25, 0.3) is 11.1 Å². The topological polar surface area (TPSA) is 74.6 Å². The lowest BCUT2D eigenvalue weighted by Crippen LogP contribution is -2.39. The van der Waals surface area contributed by atoms with Gasteiger partial charge < -0.3 is 10.2 Å². The van der Waals surface area contributed by atoms with Crippen molar-refractivity contribution in [3.63, 3.8) is 0 Å². The van der Waals surface area contributed by atoms with Crippen LogP contribution in [0, 0.1) is 11.8 Å². The minimum absolute atomic E-state index is 0.0594. The third kappa shape index (κ3) is 5.33. The molecular formula is C26H23F3O4S. The highest BCUT2D eigenvalue weighted by atomic mass is 32.2. The number of hydrogen-bond acceptors (Lipinski definition) is 4. The Bertz CT molecular complexity index is 1340. The van der Waals surface area contributed by atoms with Crippen LogP contribution in [0.5, 0.6) is 0 Å². The highest BCUT2D eigenvalue weighted by molar-refractivity contribution is 7.91. The first-order chi connectivity index (χ1) is 15.6. The molecule has 0 aromatic heterocycles. The number of rotatable bonds is 4. The van der Waals surface area contributed by atoms with E-state index in [0.29, 0.717) is 18.1 Å². The van der Waals surface area contributed by atoms with Gasteiger partial charge in [0.25, 0.3) is 0 Å². The number of halogens is 3. The highest BCUT2D eigenvalue weighted by Crippen LogP contribution is 2.39. The molecule has 1 atom stereocenters. The van der Waals surface area contributed by atoms with Crippen molar-refractivity contribution in [2.45, 2.75) is 47.9 Å². The maximum Gasteiger partial charge on any atom is 0.421 e. The first-order valence-corrected chi connectivity index (χ1v) is 11.7. The van der Waals surface area contributed by atoms with Crippen molar-refractivity contribution >= 4 is 9.84 Å². The zero-order valence-electron chi connectivity index (χ0n) is 18.7. The molecule has 3 aromatic carbocycles. The van der Waals surface area contributed by atoms with Crippen molar-refractivity contribution in [2.24, 2.45) is 0 Å². The summed E-state index contributed by atoms with van der Waals surface area (Å²) in [6.07, 6.45) is -4.85. The maximum absolute atomic E-state index is 13.2. The molecule has 0 heterocycles. The molecule has 178 valence electrons. The largest absolute Gasteiger partial charge is 0.421 e. The Morgan fingerprint density at radius 1 is 0.794 bits per heavy atom. The molecule has 0 spiro atoms. The van der Waals surface area contributed by atoms with Crippen LogP contribution in [-0.4, -0.2) is 30.4 Å². The van der Waals surface area contributed by atoms with Gasteiger partial charge >= 0.3 is 6.18 Å². The van der Waals surface area contributed by atoms with Crippen LogP contribution in [0.3, 0.4) is 0 Å². The summed E-state index contributed by atoms with van der Waals surface area (Å²) in [5.74, 6) is 5.34. The summed E-state index contributed by atoms with van der Waals surface area (Å²) in [7, 11) is -3.92. The fourth-order valence-corrected chi connectivity index (χ4v) is 4.56. The molecule has 0 saturated heterocycles. The lowest BCUT2D eigenvalue weighted by molar-refractivity contribution is -0.258. The van der Waals surface area contributed by atoms with E-state index in [1.54, 1.807) is 18.2 Å². The Morgan fingerprint density at radius 3 is 1.88 bits per heavy atom. The molecule has 34 heavy (non-hydrogen) atoms. The minimum Gasteiger partial charge on any atom is -0.378 e. The molecule has 3 rings (SSSR count). The van der Waals surface area contributed by atoms with E-state index in [2.05, 4.69) is 11.8 Å². The van der Waals surface area contributed by atoms with Crippen molar-refractivity contribution < 1.29 is 31.8 Å². The first-order valence-electron chi connectivity index (χ1n) is 10.2. The van der Waals surface area contributed by atoms with Crippen LogP contribution in [0.4, 0.5) is 13.2 Å². The predicted octanol–water partition coefficient (Wildman–Crippen LogP) is 5.08. The molecule has 0 radical (unpaired) electrons. The molecule has 4 nitrogen and oxygen atoms in total. The van der Waals surface area contributed by atoms with Crippen LogP contribution in [0.1, 0.15) is 31.9 Å². The second-order valence-electron chi connectivity index (χ2n) is 8.48. The number of aliphatic hydroxyl groups is 2. The Morgan fingerprint density at radius 2 is 1.35 bits per heavy atom. The zero-order chi connectivity index (χ0) is 25.4. The van der Waals surface area contributed by atoms with Crippen LogP contribution in [-0.2, 0) is 15.4 Å². The summed E-state index contributed by atoms with van der Waals surface area (Å²) < 4.78 is 65.8. The second kappa shape index (κ2) is 8.91. The average molecular weight is 489 g/mol. The Balaban J connectivity index is 2.12. The normalized spacial score (nSPS) is 14.1. The van der Waals surface area contributed by atoms with Crippen LogP contribution in [0.2, 0.25) is 0 Å². The Kier molecular flexibility index (Phi) is 6.68. The summed E-state index contributed by atoms with van der Waals surface area (Å²) in [6.45, 7) is 3.59. The van der Waals surface area contributed by atoms with Crippen LogP contribution in [0.15, 0.2) is 82.6 Å². The van der Waals surface area contributed by atoms with Gasteiger partial charge in [-0.05, 0) is 61.7 Å². The molecular weight excluding hydrogens is 465 g/mol. The fraction of sp³-hybridized carbons (Fsp3) is 0.231. The number of sulfone groups is 1. The molecule has 8 heteroatoms. The number of hydrogen-bond donors (Lipinski definition) is 2. The van der Waals surface area contributed by atoms with Gasteiger partial charge in [-0.3, -0.25) is 0 Å². The van der Waals surface area contributed by atoms with Gasteiger partial charge in [-0.1, -0.05) is 60.4 Å². The van der Waals surface area contributed by atoms with Crippen LogP contribution >= 0.6 is 0 Å². The average Bonchev–Trinajstić information content (AvgIpc) is 2.77. The van der Waals surface area contributed by atoms with E-state index in [1.165, 1.54) is 68.4 Å². The van der Waals surface area contributed by atoms with Gasteiger partial charge in [-0.25, -0.2) is 8.42 Å². The Labute approximate surface area is 196 Å². The summed E-state index contributed by atoms with van der Waals surface area (Å²) in [5, 5.41) is 19.9. The van der Waals surface area contributed by atoms with Crippen LogP contribution < -0.4 is 0 Å². The number of alkyl halides is 3. The summed E-state index contributed by atoms with van der Waals surface area (Å²) >= 11 is 0. The predicted molar refractivity (Wildman–Crippen MR) is 123 cm³/mol. The van der Waals surface area contributed by atoms with Crippen molar-refractivity contribution in [1.82, 2.24) is 0 Å². The third-order valence-electron chi connectivity index (χ3n) is 5.16. The van der Waals surface area contributed by atoms with E-state index >= 15 is 0 Å². The summed E-state index contributed by atoms with van der Waals surface area (Å²) in [5.41, 5.74) is -3.58. The monoisotopic (exact) mass is 488 g/mol. The SMILES string of the molecule is CC(C)(O)C#Cc1cc(-c2ccc([C@](C)(O)C(F)(F)F)cc2)ccc1S(=O)(=O)c1ccccc1. The van der Waals surface area contributed by atoms with Gasteiger partial charge in [0.05, 0.1) is 9.79 Å². The standard InChI is InChI=1S/C26H23F3O4S/c1-24(2,30)16-15-20-17-19(11-14-23(20)34(32,33)22-7-5-4-6-8-22)18-9-12-21(13-10-18)25(3,31)26(27,28)29/h4-14,17,30-31H,1-3H3/t25-/m0/s1. The van der Waals surface area contributed by atoms with Crippen molar-refractivity contribution in [3.05, 3.63) is 83.9 Å². The second-order valence-corrected chi connectivity index (χ2v) is 10.4. The van der Waals surface area contributed by atoms with E-state index in [-0.39, 0.29) is 20.9 Å². The van der Waals surface area contributed by atoms with E-state index in [9.17, 15) is 31.8 Å². The molecule has 0 amide bonds. The zero-order valence-corrected chi connectivity index (χ0v) is 19.5. The van der Waals surface area contributed by atoms with Crippen molar-refractivity contribution in [3.8, 4) is 23.0 Å². The molecule has 0 saturated carbocycles. The minimum atomic E-state index is -4.85. The highest BCUT2D eigenvalue weighted by Gasteiger charge is 2.51. The van der Waals surface area contributed by atoms with Gasteiger partial charge in [-0.2, -0.15) is 13.2 Å². The van der Waals surface area contributed by atoms with E-state index in [4.69, 9.17) is 0 Å². The quantitative estimate of drug-likeness (QED) is 0.503. The van der Waals surface area contributed by atoms with E-state index in [0.717, 1.165) is 0 Å². The molecule has 0 bridgehead atoms. The fourth-order valence-electron chi connectivity index (χ4n) is 3.14. The molecule has 0 aliphatic heterocycles. The maximum atomic E-state index is 13.2. The lowest BCUT2D eigenvalue weighted by atomic mass is 9.93. The molecule has 2 N–H and O–H groups in total. The van der Waals surface area contributed by atoms with Crippen molar-refractivity contribution in [2.75, 3.05) is 0 Å². The number of benzene rings is 3. The van der Waals surface area contributed by atoms with Gasteiger partial charge in [-0.15, -0.1) is 0 Å². The lowest BCUT2D eigenvalue weighted by Gasteiger charge is -2.26. The molecule has 0 aliphatic carbocycles. The summed E-state index contributed by atoms with van der Waals surface area (Å²) in [6, 6.07) is 17.4. The molecule has 3 aromatic rings.